The number of rotatable bonds is 5. The summed E-state index contributed by atoms with van der Waals surface area (Å²) in [5.41, 5.74) is 5.61. The molecule has 5 nitrogen and oxygen atoms in total. The van der Waals surface area contributed by atoms with Crippen LogP contribution in [0.15, 0.2) is 18.2 Å². The van der Waals surface area contributed by atoms with Gasteiger partial charge in [-0.25, -0.2) is 0 Å². The summed E-state index contributed by atoms with van der Waals surface area (Å²) >= 11 is 0. The predicted molar refractivity (Wildman–Crippen MR) is 69.2 cm³/mol. The molecule has 1 aromatic rings. The van der Waals surface area contributed by atoms with E-state index in [1.807, 2.05) is 32.3 Å². The fraction of sp³-hybridized carbons (Fsp3) is 0.538. The van der Waals surface area contributed by atoms with Crippen molar-refractivity contribution >= 4 is 0 Å². The molecule has 100 valence electrons. The van der Waals surface area contributed by atoms with Crippen LogP contribution in [0.5, 0.6) is 17.2 Å². The summed E-state index contributed by atoms with van der Waals surface area (Å²) in [5, 5.41) is 0. The van der Waals surface area contributed by atoms with Gasteiger partial charge in [-0.05, 0) is 33.2 Å². The Hall–Kier alpha value is -1.46. The van der Waals surface area contributed by atoms with Gasteiger partial charge in [-0.15, -0.1) is 0 Å². The first-order valence-electron chi connectivity index (χ1n) is 5.95. The minimum Gasteiger partial charge on any atom is -0.491 e. The van der Waals surface area contributed by atoms with E-state index in [4.69, 9.17) is 19.9 Å². The van der Waals surface area contributed by atoms with Crippen LogP contribution in [0.2, 0.25) is 0 Å². The molecule has 0 aromatic heterocycles. The van der Waals surface area contributed by atoms with E-state index in [0.29, 0.717) is 13.2 Å². The fourth-order valence-corrected chi connectivity index (χ4v) is 1.58. The van der Waals surface area contributed by atoms with E-state index in [2.05, 4.69) is 11.8 Å². The number of ether oxygens (including phenoxy) is 3. The highest BCUT2D eigenvalue weighted by atomic mass is 16.7. The standard InChI is InChI=1S/C13H20N2O3/c1-13(7-14,15(2)3)8-16-10-4-5-11-12(6-10)18-9-17-11/h4-6H,7-9,14H2,1-3H3. The Morgan fingerprint density at radius 3 is 2.72 bits per heavy atom. The van der Waals surface area contributed by atoms with Gasteiger partial charge in [0.2, 0.25) is 6.79 Å². The molecule has 0 saturated carbocycles. The molecule has 2 rings (SSSR count). The lowest BCUT2D eigenvalue weighted by molar-refractivity contribution is 0.104. The number of fused-ring (bicyclic) bond motifs is 1. The van der Waals surface area contributed by atoms with Crippen LogP contribution in [-0.4, -0.2) is 44.5 Å². The van der Waals surface area contributed by atoms with Gasteiger partial charge in [0, 0.05) is 12.6 Å². The highest BCUT2D eigenvalue weighted by molar-refractivity contribution is 5.46. The molecule has 0 spiro atoms. The second-order valence-electron chi connectivity index (χ2n) is 4.90. The Kier molecular flexibility index (Phi) is 3.63. The minimum atomic E-state index is -0.184. The van der Waals surface area contributed by atoms with Crippen LogP contribution in [0.25, 0.3) is 0 Å². The lowest BCUT2D eigenvalue weighted by Crippen LogP contribution is -2.52. The average molecular weight is 252 g/mol. The third-order valence-electron chi connectivity index (χ3n) is 3.41. The third-order valence-corrected chi connectivity index (χ3v) is 3.41. The van der Waals surface area contributed by atoms with E-state index in [-0.39, 0.29) is 12.3 Å². The molecule has 0 radical (unpaired) electrons. The second kappa shape index (κ2) is 5.04. The van der Waals surface area contributed by atoms with Crippen molar-refractivity contribution in [3.63, 3.8) is 0 Å². The van der Waals surface area contributed by atoms with Crippen LogP contribution >= 0.6 is 0 Å². The molecule has 2 N–H and O–H groups in total. The number of hydrogen-bond acceptors (Lipinski definition) is 5. The largest absolute Gasteiger partial charge is 0.491 e. The van der Waals surface area contributed by atoms with E-state index in [1.165, 1.54) is 0 Å². The molecule has 0 aliphatic carbocycles. The van der Waals surface area contributed by atoms with Crippen LogP contribution in [0.4, 0.5) is 0 Å². The van der Waals surface area contributed by atoms with Crippen LogP contribution in [0.3, 0.4) is 0 Å². The van der Waals surface area contributed by atoms with Gasteiger partial charge in [0.25, 0.3) is 0 Å². The maximum atomic E-state index is 5.80. The van der Waals surface area contributed by atoms with Crippen LogP contribution in [0, 0.1) is 0 Å². The average Bonchev–Trinajstić information content (AvgIpc) is 2.82. The summed E-state index contributed by atoms with van der Waals surface area (Å²) in [4.78, 5) is 2.07. The Balaban J connectivity index is 2.02. The topological polar surface area (TPSA) is 57.0 Å². The smallest absolute Gasteiger partial charge is 0.231 e. The summed E-state index contributed by atoms with van der Waals surface area (Å²) in [6.07, 6.45) is 0. The van der Waals surface area contributed by atoms with Crippen molar-refractivity contribution in [2.75, 3.05) is 34.0 Å². The van der Waals surface area contributed by atoms with Crippen molar-refractivity contribution in [3.05, 3.63) is 18.2 Å². The number of nitrogens with two attached hydrogens (primary N) is 1. The molecular weight excluding hydrogens is 232 g/mol. The van der Waals surface area contributed by atoms with Gasteiger partial charge in [0.1, 0.15) is 12.4 Å². The molecule has 0 bridgehead atoms. The van der Waals surface area contributed by atoms with Crippen molar-refractivity contribution in [1.29, 1.82) is 0 Å². The number of benzene rings is 1. The molecule has 1 heterocycles. The Morgan fingerprint density at radius 1 is 1.33 bits per heavy atom. The molecule has 1 unspecified atom stereocenters. The van der Waals surface area contributed by atoms with Crippen LogP contribution in [0.1, 0.15) is 6.92 Å². The normalized spacial score (nSPS) is 16.7. The quantitative estimate of drug-likeness (QED) is 0.849. The SMILES string of the molecule is CN(C)C(C)(CN)COc1ccc2c(c1)OCO2. The van der Waals surface area contributed by atoms with E-state index in [0.717, 1.165) is 17.2 Å². The molecule has 1 aromatic carbocycles. The van der Waals surface area contributed by atoms with Crippen LogP contribution in [-0.2, 0) is 0 Å². The van der Waals surface area contributed by atoms with Gasteiger partial charge in [0.15, 0.2) is 11.5 Å². The lowest BCUT2D eigenvalue weighted by Gasteiger charge is -2.34. The summed E-state index contributed by atoms with van der Waals surface area (Å²) in [5.74, 6) is 2.25. The predicted octanol–water partition coefficient (Wildman–Crippen LogP) is 1.07. The molecule has 0 fully saturated rings. The van der Waals surface area contributed by atoms with Gasteiger partial charge in [-0.3, -0.25) is 4.90 Å². The summed E-state index contributed by atoms with van der Waals surface area (Å²) in [6, 6.07) is 5.57. The minimum absolute atomic E-state index is 0.184. The van der Waals surface area contributed by atoms with Crippen molar-refractivity contribution in [2.24, 2.45) is 5.73 Å². The Labute approximate surface area is 107 Å². The number of nitrogens with zero attached hydrogens (tertiary/aromatic N) is 1. The Bertz CT molecular complexity index is 423. The van der Waals surface area contributed by atoms with Gasteiger partial charge >= 0.3 is 0 Å². The van der Waals surface area contributed by atoms with E-state index < -0.39 is 0 Å². The van der Waals surface area contributed by atoms with Gasteiger partial charge < -0.3 is 19.9 Å². The number of likely N-dealkylation sites (N-methyl/N-ethyl adjacent to an activating group) is 1. The summed E-state index contributed by atoms with van der Waals surface area (Å²) < 4.78 is 16.4. The van der Waals surface area contributed by atoms with Crippen molar-refractivity contribution in [2.45, 2.75) is 12.5 Å². The van der Waals surface area contributed by atoms with E-state index in [1.54, 1.807) is 0 Å². The molecule has 5 heteroatoms. The molecular formula is C13H20N2O3. The Morgan fingerprint density at radius 2 is 2.06 bits per heavy atom. The summed E-state index contributed by atoms with van der Waals surface area (Å²) in [7, 11) is 3.99. The fourth-order valence-electron chi connectivity index (χ4n) is 1.58. The maximum absolute atomic E-state index is 5.80. The first-order chi connectivity index (χ1) is 8.55. The first-order valence-corrected chi connectivity index (χ1v) is 5.95. The highest BCUT2D eigenvalue weighted by Crippen LogP contribution is 2.35. The zero-order valence-electron chi connectivity index (χ0n) is 11.1. The van der Waals surface area contributed by atoms with Gasteiger partial charge in [0.05, 0.1) is 5.54 Å². The molecule has 1 aliphatic heterocycles. The lowest BCUT2D eigenvalue weighted by atomic mass is 10.0. The van der Waals surface area contributed by atoms with Gasteiger partial charge in [-0.1, -0.05) is 0 Å². The highest BCUT2D eigenvalue weighted by Gasteiger charge is 2.26. The monoisotopic (exact) mass is 252 g/mol. The maximum Gasteiger partial charge on any atom is 0.231 e. The third kappa shape index (κ3) is 2.52. The first kappa shape index (κ1) is 13.0. The second-order valence-corrected chi connectivity index (χ2v) is 4.90. The molecule has 18 heavy (non-hydrogen) atoms. The number of hydrogen-bond donors (Lipinski definition) is 1. The molecule has 0 amide bonds. The van der Waals surface area contributed by atoms with E-state index in [9.17, 15) is 0 Å². The summed E-state index contributed by atoms with van der Waals surface area (Å²) in [6.45, 7) is 3.40. The zero-order valence-corrected chi connectivity index (χ0v) is 11.1. The zero-order chi connectivity index (χ0) is 13.2. The van der Waals surface area contributed by atoms with E-state index >= 15 is 0 Å². The molecule has 1 aliphatic rings. The molecule has 0 saturated heterocycles. The van der Waals surface area contributed by atoms with Gasteiger partial charge in [-0.2, -0.15) is 0 Å². The van der Waals surface area contributed by atoms with Crippen LogP contribution < -0.4 is 19.9 Å². The van der Waals surface area contributed by atoms with Crippen molar-refractivity contribution in [3.8, 4) is 17.2 Å². The molecule has 1 atom stereocenters. The van der Waals surface area contributed by atoms with Crippen molar-refractivity contribution in [1.82, 2.24) is 4.90 Å². The van der Waals surface area contributed by atoms with Crippen molar-refractivity contribution < 1.29 is 14.2 Å².